The SMILES string of the molecule is [2H]C([2H])([2H])c1cc(-c2cccc(-c3nc(C(C)(C)C)nc(C(C)(C)C)n3)c2)c2oc3c(-c4ccc(C([2H])([2H])[2H])c[n+]4C)c(C)ccc3c2c1. The number of aryl methyl sites for hydroxylation is 4. The Bertz CT molecular complexity index is 2220. The fraction of sp³-hybridized carbons (Fsp3) is 0.316. The number of pyridine rings is 1. The minimum absolute atomic E-state index is 0.197. The lowest BCUT2D eigenvalue weighted by Gasteiger charge is -2.22. The molecule has 3 aromatic heterocycles. The van der Waals surface area contributed by atoms with E-state index in [1.54, 1.807) is 35.0 Å². The van der Waals surface area contributed by atoms with Crippen LogP contribution in [0.2, 0.25) is 0 Å². The molecule has 0 aliphatic carbocycles. The molecule has 0 aliphatic rings. The largest absolute Gasteiger partial charge is 0.454 e. The van der Waals surface area contributed by atoms with Gasteiger partial charge in [-0.1, -0.05) is 71.9 Å². The lowest BCUT2D eigenvalue weighted by Crippen LogP contribution is -2.31. The summed E-state index contributed by atoms with van der Waals surface area (Å²) in [5, 5.41) is 1.44. The van der Waals surface area contributed by atoms with Gasteiger partial charge < -0.3 is 4.42 Å². The van der Waals surface area contributed by atoms with Crippen molar-refractivity contribution in [2.45, 2.75) is 73.0 Å². The number of hydrogen-bond donors (Lipinski definition) is 0. The Hall–Kier alpha value is -4.38. The normalized spacial score (nSPS) is 15.1. The lowest BCUT2D eigenvalue weighted by atomic mass is 9.92. The molecule has 0 aliphatic heterocycles. The van der Waals surface area contributed by atoms with E-state index in [-0.39, 0.29) is 22.0 Å². The second kappa shape index (κ2) is 10.1. The molecule has 0 atom stereocenters. The highest BCUT2D eigenvalue weighted by Crippen LogP contribution is 2.42. The van der Waals surface area contributed by atoms with E-state index in [4.69, 9.17) is 27.6 Å². The summed E-state index contributed by atoms with van der Waals surface area (Å²) in [5.41, 5.74) is 5.65. The van der Waals surface area contributed by atoms with Crippen LogP contribution >= 0.6 is 0 Å². The summed E-state index contributed by atoms with van der Waals surface area (Å²) in [5.74, 6) is 1.94. The predicted octanol–water partition coefficient (Wildman–Crippen LogP) is 9.12. The van der Waals surface area contributed by atoms with Gasteiger partial charge in [-0.05, 0) is 61.6 Å². The molecule has 0 spiro atoms. The van der Waals surface area contributed by atoms with Gasteiger partial charge in [-0.3, -0.25) is 0 Å². The molecule has 6 rings (SSSR count). The van der Waals surface area contributed by atoms with E-state index in [9.17, 15) is 0 Å². The van der Waals surface area contributed by atoms with Gasteiger partial charge in [0.15, 0.2) is 12.0 Å². The molecule has 6 aromatic rings. The molecule has 3 heterocycles. The minimum Gasteiger partial charge on any atom is -0.454 e. The molecular weight excluding hydrogens is 528 g/mol. The standard InChI is InChI=1S/C38H41N4O/c1-22-14-17-30(42(10)21-22)31-24(3)15-16-27-29-19-23(2)18-28(32(29)43-33(27)31)25-12-11-13-26(20-25)34-39-35(37(4,5)6)41-36(40-34)38(7,8)9/h11-21H,1-10H3/q+1/i1D3,2D3. The molecule has 3 aromatic carbocycles. The van der Waals surface area contributed by atoms with Crippen molar-refractivity contribution in [3.63, 3.8) is 0 Å². The Balaban J connectivity index is 1.61. The Morgan fingerprint density at radius 2 is 1.42 bits per heavy atom. The van der Waals surface area contributed by atoms with Crippen LogP contribution in [0.5, 0.6) is 0 Å². The highest BCUT2D eigenvalue weighted by Gasteiger charge is 2.26. The summed E-state index contributed by atoms with van der Waals surface area (Å²) < 4.78 is 57.1. The number of hydrogen-bond acceptors (Lipinski definition) is 4. The fourth-order valence-electron chi connectivity index (χ4n) is 5.44. The molecule has 5 nitrogen and oxygen atoms in total. The van der Waals surface area contributed by atoms with E-state index in [1.165, 1.54) is 0 Å². The molecule has 0 amide bonds. The molecule has 218 valence electrons. The van der Waals surface area contributed by atoms with E-state index >= 15 is 0 Å². The highest BCUT2D eigenvalue weighted by molar-refractivity contribution is 6.13. The fourth-order valence-corrected chi connectivity index (χ4v) is 5.44. The molecule has 0 saturated heterocycles. The average Bonchev–Trinajstić information content (AvgIpc) is 3.37. The maximum absolute atomic E-state index is 8.35. The van der Waals surface area contributed by atoms with Crippen molar-refractivity contribution < 1.29 is 17.2 Å². The smallest absolute Gasteiger partial charge is 0.216 e. The summed E-state index contributed by atoms with van der Waals surface area (Å²) in [7, 11) is 1.81. The van der Waals surface area contributed by atoms with Crippen LogP contribution in [-0.4, -0.2) is 15.0 Å². The Labute approximate surface area is 263 Å². The number of aromatic nitrogens is 4. The van der Waals surface area contributed by atoms with Crippen LogP contribution in [0.15, 0.2) is 71.3 Å². The number of rotatable bonds is 3. The first kappa shape index (κ1) is 22.2. The second-order valence-corrected chi connectivity index (χ2v) is 13.4. The zero-order valence-electron chi connectivity index (χ0n) is 32.0. The molecule has 5 heteroatoms. The first-order valence-corrected chi connectivity index (χ1v) is 14.5. The molecule has 0 bridgehead atoms. The van der Waals surface area contributed by atoms with Crippen LogP contribution in [0.25, 0.3) is 55.7 Å². The Morgan fingerprint density at radius 1 is 0.721 bits per heavy atom. The van der Waals surface area contributed by atoms with Gasteiger partial charge in [0.25, 0.3) is 0 Å². The molecule has 0 N–H and O–H groups in total. The van der Waals surface area contributed by atoms with E-state index in [2.05, 4.69) is 41.5 Å². The predicted molar refractivity (Wildman–Crippen MR) is 176 cm³/mol. The van der Waals surface area contributed by atoms with Gasteiger partial charge in [0.05, 0.1) is 5.56 Å². The summed E-state index contributed by atoms with van der Waals surface area (Å²) in [4.78, 5) is 14.6. The number of furan rings is 1. The van der Waals surface area contributed by atoms with Crippen molar-refractivity contribution in [1.29, 1.82) is 0 Å². The summed E-state index contributed by atoms with van der Waals surface area (Å²) in [6.07, 6.45) is 1.62. The third-order valence-corrected chi connectivity index (χ3v) is 7.75. The van der Waals surface area contributed by atoms with Crippen LogP contribution in [0, 0.1) is 20.6 Å². The molecular formula is C38H41N4O+. The van der Waals surface area contributed by atoms with Crippen LogP contribution in [0.4, 0.5) is 0 Å². The Morgan fingerprint density at radius 3 is 2.07 bits per heavy atom. The highest BCUT2D eigenvalue weighted by atomic mass is 16.3. The number of fused-ring (bicyclic) bond motifs is 3. The lowest BCUT2D eigenvalue weighted by molar-refractivity contribution is -0.660. The minimum atomic E-state index is -2.37. The maximum atomic E-state index is 8.35. The third-order valence-electron chi connectivity index (χ3n) is 7.75. The zero-order chi connectivity index (χ0) is 35.8. The van der Waals surface area contributed by atoms with Crippen molar-refractivity contribution in [1.82, 2.24) is 15.0 Å². The number of nitrogens with zero attached hydrogens (tertiary/aromatic N) is 4. The first-order chi connectivity index (χ1) is 22.6. The van der Waals surface area contributed by atoms with Crippen LogP contribution in [0.3, 0.4) is 0 Å². The van der Waals surface area contributed by atoms with E-state index in [0.29, 0.717) is 39.6 Å². The van der Waals surface area contributed by atoms with E-state index in [0.717, 1.165) is 33.3 Å². The zero-order valence-corrected chi connectivity index (χ0v) is 26.0. The maximum Gasteiger partial charge on any atom is 0.216 e. The number of benzene rings is 3. The van der Waals surface area contributed by atoms with Gasteiger partial charge in [0.2, 0.25) is 5.69 Å². The van der Waals surface area contributed by atoms with E-state index < -0.39 is 13.7 Å². The van der Waals surface area contributed by atoms with Crippen molar-refractivity contribution in [2.24, 2.45) is 7.05 Å². The topological polar surface area (TPSA) is 55.7 Å². The van der Waals surface area contributed by atoms with Crippen molar-refractivity contribution >= 4 is 21.9 Å². The van der Waals surface area contributed by atoms with Gasteiger partial charge in [0.1, 0.15) is 29.9 Å². The van der Waals surface area contributed by atoms with Gasteiger partial charge in [-0.25, -0.2) is 19.5 Å². The van der Waals surface area contributed by atoms with Crippen molar-refractivity contribution in [3.8, 4) is 33.8 Å². The second-order valence-electron chi connectivity index (χ2n) is 13.4. The van der Waals surface area contributed by atoms with Gasteiger partial charge in [-0.2, -0.15) is 0 Å². The van der Waals surface area contributed by atoms with Gasteiger partial charge >= 0.3 is 0 Å². The summed E-state index contributed by atoms with van der Waals surface area (Å²) in [6.45, 7) is 9.82. The summed E-state index contributed by atoms with van der Waals surface area (Å²) >= 11 is 0. The van der Waals surface area contributed by atoms with Gasteiger partial charge in [-0.15, -0.1) is 0 Å². The van der Waals surface area contributed by atoms with Crippen LogP contribution in [-0.2, 0) is 17.9 Å². The van der Waals surface area contributed by atoms with Crippen molar-refractivity contribution in [3.05, 3.63) is 95.2 Å². The van der Waals surface area contributed by atoms with E-state index in [1.807, 2.05) is 50.4 Å². The summed E-state index contributed by atoms with van der Waals surface area (Å²) in [6, 6.07) is 18.5. The van der Waals surface area contributed by atoms with Gasteiger partial charge in [0, 0.05) is 52.6 Å². The molecule has 0 unspecified atom stereocenters. The molecule has 43 heavy (non-hydrogen) atoms. The average molecular weight is 576 g/mol. The van der Waals surface area contributed by atoms with Crippen LogP contribution in [0.1, 0.15) is 78.1 Å². The Kier molecular flexibility index (Phi) is 5.22. The molecule has 0 radical (unpaired) electrons. The first-order valence-electron chi connectivity index (χ1n) is 17.5. The molecule has 0 fully saturated rings. The monoisotopic (exact) mass is 575 g/mol. The van der Waals surface area contributed by atoms with Crippen molar-refractivity contribution in [2.75, 3.05) is 0 Å². The van der Waals surface area contributed by atoms with Crippen LogP contribution < -0.4 is 4.57 Å². The molecule has 0 saturated carbocycles. The third kappa shape index (κ3) is 5.22. The quantitative estimate of drug-likeness (QED) is 0.198.